The Labute approximate surface area is 260 Å². The first-order chi connectivity index (χ1) is 21.9. The number of fused-ring (bicyclic) bond motifs is 2. The highest BCUT2D eigenvalue weighted by atomic mass is 32.2. The molecule has 10 nitrogen and oxygen atoms in total. The molecule has 3 N–H and O–H groups in total. The molecule has 0 radical (unpaired) electrons. The van der Waals surface area contributed by atoms with Gasteiger partial charge in [-0.15, -0.1) is 0 Å². The monoisotopic (exact) mass is 650 g/mol. The van der Waals surface area contributed by atoms with Gasteiger partial charge in [-0.2, -0.15) is 5.10 Å². The quantitative estimate of drug-likeness (QED) is 0.188. The number of alkyl halides is 2. The third-order valence-electron chi connectivity index (χ3n) is 7.80. The molecular weight excluding hydrogens is 624 g/mol. The minimum Gasteiger partial charge on any atom is -0.337 e. The second-order valence-corrected chi connectivity index (χ2v) is 13.3. The van der Waals surface area contributed by atoms with Crippen LogP contribution in [0, 0.1) is 11.6 Å². The van der Waals surface area contributed by atoms with Crippen molar-refractivity contribution in [3.05, 3.63) is 83.8 Å². The lowest BCUT2D eigenvalue weighted by molar-refractivity contribution is 0.0115. The molecule has 15 heteroatoms. The van der Waals surface area contributed by atoms with Crippen LogP contribution in [0.15, 0.2) is 61.1 Å². The van der Waals surface area contributed by atoms with Crippen LogP contribution in [0.25, 0.3) is 55.8 Å². The molecule has 0 spiro atoms. The highest BCUT2D eigenvalue weighted by molar-refractivity contribution is 7.88. The molecule has 0 atom stereocenters. The number of hydrogen-bond donors (Lipinski definition) is 3. The van der Waals surface area contributed by atoms with E-state index in [0.29, 0.717) is 62.4 Å². The third kappa shape index (κ3) is 6.08. The SMILES string of the molecule is CS(=O)(=O)NCc1cc(F)cc(-c2nccc3[nH]c(-c4[nH]nc5c(F)cc(-c6cncc(CN7CCC(F)(F)C7)c6)cc45)nc23)c1. The fraction of sp³-hybridized carbons (Fsp3) is 0.226. The van der Waals surface area contributed by atoms with Crippen LogP contribution < -0.4 is 4.72 Å². The zero-order valence-electron chi connectivity index (χ0n) is 24.3. The number of sulfonamides is 1. The van der Waals surface area contributed by atoms with E-state index < -0.39 is 27.6 Å². The predicted octanol–water partition coefficient (Wildman–Crippen LogP) is 5.40. The number of likely N-dealkylation sites (tertiary alicyclic amines) is 1. The van der Waals surface area contributed by atoms with E-state index in [1.54, 1.807) is 35.5 Å². The van der Waals surface area contributed by atoms with Gasteiger partial charge in [0, 0.05) is 61.2 Å². The zero-order chi connectivity index (χ0) is 32.2. The van der Waals surface area contributed by atoms with Crippen molar-refractivity contribution >= 4 is 32.0 Å². The molecule has 0 aliphatic carbocycles. The molecule has 46 heavy (non-hydrogen) atoms. The number of halogens is 4. The van der Waals surface area contributed by atoms with Gasteiger partial charge < -0.3 is 4.98 Å². The van der Waals surface area contributed by atoms with Crippen molar-refractivity contribution in [1.29, 1.82) is 0 Å². The van der Waals surface area contributed by atoms with Crippen LogP contribution in [0.1, 0.15) is 17.5 Å². The Hall–Kier alpha value is -4.73. The number of aromatic nitrogens is 6. The van der Waals surface area contributed by atoms with E-state index in [9.17, 15) is 21.6 Å². The predicted molar refractivity (Wildman–Crippen MR) is 164 cm³/mol. The van der Waals surface area contributed by atoms with Crippen LogP contribution >= 0.6 is 0 Å². The van der Waals surface area contributed by atoms with Crippen molar-refractivity contribution in [2.45, 2.75) is 25.4 Å². The maximum Gasteiger partial charge on any atom is 0.261 e. The van der Waals surface area contributed by atoms with Crippen molar-refractivity contribution in [3.63, 3.8) is 0 Å². The number of imidazole rings is 1. The summed E-state index contributed by atoms with van der Waals surface area (Å²) in [5.74, 6) is -3.52. The van der Waals surface area contributed by atoms with Gasteiger partial charge in [0.25, 0.3) is 5.92 Å². The third-order valence-corrected chi connectivity index (χ3v) is 8.47. The number of hydrogen-bond acceptors (Lipinski definition) is 7. The molecule has 2 aromatic carbocycles. The van der Waals surface area contributed by atoms with Gasteiger partial charge in [-0.3, -0.25) is 20.0 Å². The Morgan fingerprint density at radius 1 is 1.00 bits per heavy atom. The van der Waals surface area contributed by atoms with E-state index in [4.69, 9.17) is 4.98 Å². The molecule has 4 aromatic heterocycles. The van der Waals surface area contributed by atoms with Crippen molar-refractivity contribution in [1.82, 2.24) is 39.8 Å². The Morgan fingerprint density at radius 3 is 2.61 bits per heavy atom. The maximum absolute atomic E-state index is 15.4. The zero-order valence-corrected chi connectivity index (χ0v) is 25.1. The topological polar surface area (TPSA) is 133 Å². The molecule has 0 bridgehead atoms. The van der Waals surface area contributed by atoms with Crippen LogP contribution in [-0.2, 0) is 23.1 Å². The summed E-state index contributed by atoms with van der Waals surface area (Å²) in [4.78, 5) is 18.3. The molecule has 5 heterocycles. The van der Waals surface area contributed by atoms with Gasteiger partial charge in [-0.1, -0.05) is 0 Å². The molecular formula is C31H26F4N8O2S. The Balaban J connectivity index is 1.24. The van der Waals surface area contributed by atoms with Crippen LogP contribution in [0.5, 0.6) is 0 Å². The molecule has 1 aliphatic heterocycles. The number of pyridine rings is 2. The van der Waals surface area contributed by atoms with Crippen LogP contribution in [0.3, 0.4) is 0 Å². The Morgan fingerprint density at radius 2 is 1.83 bits per heavy atom. The van der Waals surface area contributed by atoms with E-state index in [-0.39, 0.29) is 31.6 Å². The summed E-state index contributed by atoms with van der Waals surface area (Å²) in [6.45, 7) is 0.165. The fourth-order valence-electron chi connectivity index (χ4n) is 5.72. The standard InChI is InChI=1S/C31H26F4N8O2S/c1-46(44,45)38-13-17-6-20(9-22(32)8-17)26-29-25(2-4-37-26)39-30(40-29)28-23-10-19(11-24(33)27(23)41-42-28)21-7-18(12-36-14-21)15-43-5-3-31(34,35)16-43/h2,4,6-12,14,38H,3,5,13,15-16H2,1H3,(H,39,40)(H,41,42). The number of H-pyrrole nitrogens is 2. The van der Waals surface area contributed by atoms with Gasteiger partial charge in [0.15, 0.2) is 11.6 Å². The lowest BCUT2D eigenvalue weighted by Gasteiger charge is -2.15. The molecule has 0 saturated carbocycles. The van der Waals surface area contributed by atoms with Crippen molar-refractivity contribution < 1.29 is 26.0 Å². The lowest BCUT2D eigenvalue weighted by atomic mass is 10.0. The second kappa shape index (κ2) is 11.3. The number of aromatic amines is 2. The molecule has 7 rings (SSSR count). The van der Waals surface area contributed by atoms with Crippen molar-refractivity contribution in [2.24, 2.45) is 0 Å². The Bertz CT molecular complexity index is 2240. The highest BCUT2D eigenvalue weighted by Crippen LogP contribution is 2.34. The summed E-state index contributed by atoms with van der Waals surface area (Å²) >= 11 is 0. The summed E-state index contributed by atoms with van der Waals surface area (Å²) in [7, 11) is -3.49. The molecule has 1 fully saturated rings. The summed E-state index contributed by atoms with van der Waals surface area (Å²) in [6, 6.07) is 10.7. The smallest absolute Gasteiger partial charge is 0.261 e. The average Bonchev–Trinajstić information content (AvgIpc) is 3.71. The highest BCUT2D eigenvalue weighted by Gasteiger charge is 2.38. The first-order valence-electron chi connectivity index (χ1n) is 14.2. The number of benzene rings is 2. The van der Waals surface area contributed by atoms with Crippen LogP contribution in [-0.4, -0.2) is 68.7 Å². The lowest BCUT2D eigenvalue weighted by Crippen LogP contribution is -2.24. The number of rotatable bonds is 8. The van der Waals surface area contributed by atoms with Gasteiger partial charge in [0.1, 0.15) is 22.5 Å². The molecule has 6 aromatic rings. The molecule has 236 valence electrons. The summed E-state index contributed by atoms with van der Waals surface area (Å²) < 4.78 is 82.8. The van der Waals surface area contributed by atoms with Crippen LogP contribution in [0.4, 0.5) is 17.6 Å². The fourth-order valence-corrected chi connectivity index (χ4v) is 6.15. The van der Waals surface area contributed by atoms with Crippen LogP contribution in [0.2, 0.25) is 0 Å². The average molecular weight is 651 g/mol. The van der Waals surface area contributed by atoms with Gasteiger partial charge in [0.05, 0.1) is 24.0 Å². The molecule has 1 saturated heterocycles. The molecule has 1 aliphatic rings. The van der Waals surface area contributed by atoms with E-state index in [2.05, 4.69) is 29.9 Å². The number of nitrogens with one attached hydrogen (secondary N) is 3. The summed E-state index contributed by atoms with van der Waals surface area (Å²) in [5, 5.41) is 7.47. The minimum atomic E-state index is -3.49. The number of nitrogens with zero attached hydrogens (tertiary/aromatic N) is 5. The first kappa shape index (κ1) is 30.0. The summed E-state index contributed by atoms with van der Waals surface area (Å²) in [5.41, 5.74) is 4.48. The van der Waals surface area contributed by atoms with E-state index in [1.807, 2.05) is 6.07 Å². The minimum absolute atomic E-state index is 0.0918. The first-order valence-corrected chi connectivity index (χ1v) is 16.1. The van der Waals surface area contributed by atoms with E-state index >= 15 is 4.39 Å². The van der Waals surface area contributed by atoms with Gasteiger partial charge >= 0.3 is 0 Å². The largest absolute Gasteiger partial charge is 0.337 e. The molecule has 0 amide bonds. The second-order valence-electron chi connectivity index (χ2n) is 11.4. The molecule has 0 unspecified atom stereocenters. The van der Waals surface area contributed by atoms with Gasteiger partial charge in [0.2, 0.25) is 10.0 Å². The van der Waals surface area contributed by atoms with E-state index in [1.165, 1.54) is 24.4 Å². The van der Waals surface area contributed by atoms with Gasteiger partial charge in [-0.05, 0) is 59.2 Å². The Kier molecular flexibility index (Phi) is 7.33. The van der Waals surface area contributed by atoms with Gasteiger partial charge in [-0.25, -0.2) is 35.7 Å². The van der Waals surface area contributed by atoms with E-state index in [0.717, 1.165) is 11.8 Å². The maximum atomic E-state index is 15.4. The summed E-state index contributed by atoms with van der Waals surface area (Å²) in [6.07, 6.45) is 5.56. The van der Waals surface area contributed by atoms with Crippen molar-refractivity contribution in [2.75, 3.05) is 19.3 Å². The normalized spacial score (nSPS) is 15.3. The van der Waals surface area contributed by atoms with Crippen molar-refractivity contribution in [3.8, 4) is 33.9 Å².